The van der Waals surface area contributed by atoms with E-state index in [4.69, 9.17) is 0 Å². The molecule has 0 saturated heterocycles. The highest BCUT2D eigenvalue weighted by atomic mass is 32.1. The summed E-state index contributed by atoms with van der Waals surface area (Å²) in [4.78, 5) is 11.9. The van der Waals surface area contributed by atoms with Crippen LogP contribution >= 0.6 is 11.3 Å². The Balaban J connectivity index is 1.76. The van der Waals surface area contributed by atoms with Gasteiger partial charge < -0.3 is 5.32 Å². The van der Waals surface area contributed by atoms with Gasteiger partial charge in [-0.05, 0) is 17.8 Å². The largest absolute Gasteiger partial charge is 0.301 e. The summed E-state index contributed by atoms with van der Waals surface area (Å²) < 4.78 is 0. The van der Waals surface area contributed by atoms with Crippen molar-refractivity contribution in [3.63, 3.8) is 0 Å². The van der Waals surface area contributed by atoms with Crippen molar-refractivity contribution >= 4 is 22.4 Å². The lowest BCUT2D eigenvalue weighted by molar-refractivity contribution is -0.116. The van der Waals surface area contributed by atoms with Crippen LogP contribution in [0.15, 0.2) is 0 Å². The van der Waals surface area contributed by atoms with Crippen molar-refractivity contribution in [3.8, 4) is 0 Å². The van der Waals surface area contributed by atoms with Crippen LogP contribution in [0.2, 0.25) is 0 Å². The highest BCUT2D eigenvalue weighted by Crippen LogP contribution is 2.29. The summed E-state index contributed by atoms with van der Waals surface area (Å²) in [7, 11) is 0. The van der Waals surface area contributed by atoms with Crippen LogP contribution in [0, 0.1) is 11.3 Å². The molecule has 112 valence electrons. The second-order valence-corrected chi connectivity index (χ2v) is 8.04. The summed E-state index contributed by atoms with van der Waals surface area (Å²) in [5.41, 5.74) is 0.198. The molecule has 0 unspecified atom stereocenters. The first kappa shape index (κ1) is 15.4. The Kier molecular flexibility index (Phi) is 5.13. The Morgan fingerprint density at radius 1 is 1.30 bits per heavy atom. The number of nitrogens with one attached hydrogen (secondary N) is 1. The first-order chi connectivity index (χ1) is 9.42. The lowest BCUT2D eigenvalue weighted by atomic mass is 9.93. The number of amides is 1. The van der Waals surface area contributed by atoms with Crippen LogP contribution in [-0.2, 0) is 11.2 Å². The summed E-state index contributed by atoms with van der Waals surface area (Å²) in [6.45, 7) is 6.52. The monoisotopic (exact) mass is 295 g/mol. The van der Waals surface area contributed by atoms with Gasteiger partial charge in [-0.2, -0.15) is 0 Å². The topological polar surface area (TPSA) is 54.9 Å². The fraction of sp³-hybridized carbons (Fsp3) is 0.800. The van der Waals surface area contributed by atoms with E-state index >= 15 is 0 Å². The molecule has 20 heavy (non-hydrogen) atoms. The maximum Gasteiger partial charge on any atom is 0.226 e. The fourth-order valence-electron chi connectivity index (χ4n) is 2.65. The zero-order valence-corrected chi connectivity index (χ0v) is 13.6. The van der Waals surface area contributed by atoms with Gasteiger partial charge in [0.25, 0.3) is 0 Å². The van der Waals surface area contributed by atoms with Gasteiger partial charge in [-0.25, -0.2) is 0 Å². The van der Waals surface area contributed by atoms with Crippen LogP contribution in [0.25, 0.3) is 0 Å². The predicted molar refractivity (Wildman–Crippen MR) is 82.9 cm³/mol. The van der Waals surface area contributed by atoms with Crippen LogP contribution in [-0.4, -0.2) is 16.1 Å². The molecule has 4 nitrogen and oxygen atoms in total. The highest BCUT2D eigenvalue weighted by molar-refractivity contribution is 7.15. The summed E-state index contributed by atoms with van der Waals surface area (Å²) in [5.74, 6) is 0.835. The van der Waals surface area contributed by atoms with E-state index in [9.17, 15) is 4.79 Å². The maximum atomic E-state index is 11.9. The van der Waals surface area contributed by atoms with E-state index < -0.39 is 0 Å². The average Bonchev–Trinajstić information content (AvgIpc) is 2.96. The van der Waals surface area contributed by atoms with Gasteiger partial charge in [0, 0.05) is 12.8 Å². The maximum absolute atomic E-state index is 11.9. The number of anilines is 1. The quantitative estimate of drug-likeness (QED) is 0.892. The Bertz CT molecular complexity index is 444. The summed E-state index contributed by atoms with van der Waals surface area (Å²) >= 11 is 1.49. The van der Waals surface area contributed by atoms with E-state index in [2.05, 4.69) is 36.3 Å². The molecule has 1 N–H and O–H groups in total. The molecule has 0 radical (unpaired) electrons. The van der Waals surface area contributed by atoms with Crippen LogP contribution in [0.5, 0.6) is 0 Å². The van der Waals surface area contributed by atoms with Crippen LogP contribution in [0.4, 0.5) is 5.13 Å². The Hall–Kier alpha value is -0.970. The first-order valence-corrected chi connectivity index (χ1v) is 8.36. The van der Waals surface area contributed by atoms with Gasteiger partial charge in [0.05, 0.1) is 0 Å². The molecule has 1 aliphatic rings. The highest BCUT2D eigenvalue weighted by Gasteiger charge is 2.18. The molecule has 5 heteroatoms. The molecule has 1 saturated carbocycles. The fourth-order valence-corrected chi connectivity index (χ4v) is 3.70. The van der Waals surface area contributed by atoms with Gasteiger partial charge in [-0.3, -0.25) is 4.79 Å². The van der Waals surface area contributed by atoms with E-state index in [-0.39, 0.29) is 11.3 Å². The number of hydrogen-bond donors (Lipinski definition) is 1. The van der Waals surface area contributed by atoms with Crippen molar-refractivity contribution in [2.24, 2.45) is 11.3 Å². The lowest BCUT2D eigenvalue weighted by Crippen LogP contribution is -2.12. The van der Waals surface area contributed by atoms with E-state index in [1.54, 1.807) is 0 Å². The first-order valence-electron chi connectivity index (χ1n) is 7.54. The van der Waals surface area contributed by atoms with Crippen molar-refractivity contribution in [1.82, 2.24) is 10.2 Å². The zero-order chi connectivity index (χ0) is 14.6. The van der Waals surface area contributed by atoms with Crippen molar-refractivity contribution < 1.29 is 4.79 Å². The Morgan fingerprint density at radius 3 is 2.65 bits per heavy atom. The minimum Gasteiger partial charge on any atom is -0.301 e. The van der Waals surface area contributed by atoms with Gasteiger partial charge in [-0.15, -0.1) is 10.2 Å². The molecule has 0 aromatic carbocycles. The van der Waals surface area contributed by atoms with Crippen LogP contribution in [0.3, 0.4) is 0 Å². The number of hydrogen-bond acceptors (Lipinski definition) is 4. The molecule has 1 heterocycles. The molecule has 1 aromatic rings. The van der Waals surface area contributed by atoms with Crippen LogP contribution in [0.1, 0.15) is 64.3 Å². The standard InChI is InChI=1S/C15H25N3OS/c1-15(2,3)10-13-17-18-14(20-13)16-12(19)9-8-11-6-4-5-7-11/h11H,4-10H2,1-3H3,(H,16,18,19). The average molecular weight is 295 g/mol. The lowest BCUT2D eigenvalue weighted by Gasteiger charge is -2.14. The third-order valence-corrected chi connectivity index (χ3v) is 4.49. The summed E-state index contributed by atoms with van der Waals surface area (Å²) in [6.07, 6.45) is 7.77. The second kappa shape index (κ2) is 6.66. The predicted octanol–water partition coefficient (Wildman–Crippen LogP) is 4.04. The van der Waals surface area contributed by atoms with Crippen LogP contribution < -0.4 is 5.32 Å². The number of aromatic nitrogens is 2. The molecule has 0 spiro atoms. The molecular formula is C15H25N3OS. The van der Waals surface area contributed by atoms with Gasteiger partial charge in [0.1, 0.15) is 5.01 Å². The molecule has 0 bridgehead atoms. The third kappa shape index (κ3) is 5.19. The van der Waals surface area contributed by atoms with Crippen molar-refractivity contribution in [3.05, 3.63) is 5.01 Å². The van der Waals surface area contributed by atoms with Gasteiger partial charge in [-0.1, -0.05) is 57.8 Å². The molecule has 1 aromatic heterocycles. The number of nitrogens with zero attached hydrogens (tertiary/aromatic N) is 2. The number of carbonyl (C=O) groups excluding carboxylic acids is 1. The normalized spacial score (nSPS) is 16.6. The SMILES string of the molecule is CC(C)(C)Cc1nnc(NC(=O)CCC2CCCC2)s1. The van der Waals surface area contributed by atoms with E-state index in [0.29, 0.717) is 11.6 Å². The van der Waals surface area contributed by atoms with E-state index in [1.807, 2.05) is 0 Å². The summed E-state index contributed by atoms with van der Waals surface area (Å²) in [5, 5.41) is 12.7. The molecule has 1 amide bonds. The van der Waals surface area contributed by atoms with Gasteiger partial charge in [0.2, 0.25) is 11.0 Å². The number of rotatable bonds is 5. The van der Waals surface area contributed by atoms with Gasteiger partial charge >= 0.3 is 0 Å². The minimum absolute atomic E-state index is 0.0790. The number of carbonyl (C=O) groups is 1. The smallest absolute Gasteiger partial charge is 0.226 e. The van der Waals surface area contributed by atoms with Crippen molar-refractivity contribution in [2.45, 2.75) is 65.7 Å². The molecule has 0 atom stereocenters. The zero-order valence-electron chi connectivity index (χ0n) is 12.7. The summed E-state index contributed by atoms with van der Waals surface area (Å²) in [6, 6.07) is 0. The Labute approximate surface area is 125 Å². The van der Waals surface area contributed by atoms with Crippen molar-refractivity contribution in [1.29, 1.82) is 0 Å². The van der Waals surface area contributed by atoms with Crippen molar-refractivity contribution in [2.75, 3.05) is 5.32 Å². The molecule has 2 rings (SSSR count). The van der Waals surface area contributed by atoms with E-state index in [1.165, 1.54) is 37.0 Å². The second-order valence-electron chi connectivity index (χ2n) is 6.98. The minimum atomic E-state index is 0.0790. The molecule has 0 aliphatic heterocycles. The molecule has 1 fully saturated rings. The molecule has 1 aliphatic carbocycles. The van der Waals surface area contributed by atoms with E-state index in [0.717, 1.165) is 23.8 Å². The van der Waals surface area contributed by atoms with Gasteiger partial charge in [0.15, 0.2) is 0 Å². The molecular weight excluding hydrogens is 270 g/mol. The third-order valence-electron chi connectivity index (χ3n) is 3.65. The Morgan fingerprint density at radius 2 is 2.00 bits per heavy atom.